The van der Waals surface area contributed by atoms with Crippen molar-refractivity contribution in [2.45, 2.75) is 106 Å². The number of carbonyl (C=O) groups excluding carboxylic acids is 1. The van der Waals surface area contributed by atoms with E-state index in [0.29, 0.717) is 6.61 Å². The molecule has 0 aromatic carbocycles. The van der Waals surface area contributed by atoms with Crippen molar-refractivity contribution in [2.75, 3.05) is 6.61 Å². The number of rotatable bonds is 16. The van der Waals surface area contributed by atoms with Gasteiger partial charge in [-0.2, -0.15) is 0 Å². The number of ether oxygens (including phenoxy) is 1. The minimum absolute atomic E-state index is 0.440. The van der Waals surface area contributed by atoms with Crippen LogP contribution in [0.15, 0.2) is 58.2 Å². The molecule has 0 amide bonds. The predicted octanol–water partition coefficient (Wildman–Crippen LogP) is 9.02. The van der Waals surface area contributed by atoms with Crippen LogP contribution in [0.3, 0.4) is 0 Å². The molecule has 0 aromatic rings. The molecule has 175 valence electrons. The Bertz CT molecular complexity index is 652. The van der Waals surface area contributed by atoms with Gasteiger partial charge >= 0.3 is 5.97 Å². The van der Waals surface area contributed by atoms with Crippen LogP contribution in [0.25, 0.3) is 0 Å². The first-order valence-corrected chi connectivity index (χ1v) is 11.9. The summed E-state index contributed by atoms with van der Waals surface area (Å²) in [7, 11) is 0. The summed E-state index contributed by atoms with van der Waals surface area (Å²) in [6.45, 7) is 16.9. The summed E-state index contributed by atoms with van der Waals surface area (Å²) in [6.07, 6.45) is 22.8. The highest BCUT2D eigenvalue weighted by Crippen LogP contribution is 2.14. The van der Waals surface area contributed by atoms with Gasteiger partial charge in [-0.05, 0) is 106 Å². The van der Waals surface area contributed by atoms with E-state index < -0.39 is 5.97 Å². The summed E-state index contributed by atoms with van der Waals surface area (Å²) < 4.78 is 4.86. The first-order valence-electron chi connectivity index (χ1n) is 11.9. The van der Waals surface area contributed by atoms with Gasteiger partial charge in [0.15, 0.2) is 0 Å². The van der Waals surface area contributed by atoms with Crippen molar-refractivity contribution in [1.29, 1.82) is 0 Å². The first kappa shape index (κ1) is 29.2. The van der Waals surface area contributed by atoms with Crippen LogP contribution < -0.4 is 0 Å². The van der Waals surface area contributed by atoms with E-state index in [1.807, 2.05) is 0 Å². The monoisotopic (exact) mass is 427 g/mol. The molecule has 31 heavy (non-hydrogen) atoms. The lowest BCUT2D eigenvalue weighted by molar-refractivity contribution is -0.138. The van der Waals surface area contributed by atoms with Gasteiger partial charge in [0.25, 0.3) is 0 Å². The Balaban J connectivity index is 4.00. The molecule has 0 N–H and O–H groups in total. The van der Waals surface area contributed by atoms with Crippen molar-refractivity contribution in [1.82, 2.24) is 0 Å². The summed E-state index contributed by atoms with van der Waals surface area (Å²) in [5.74, 6) is -0.440. The fraction of sp³-hybridized carbons (Fsp3) is 0.586. The van der Waals surface area contributed by atoms with E-state index in [9.17, 15) is 4.79 Å². The summed E-state index contributed by atoms with van der Waals surface area (Å²) in [5, 5.41) is 0. The minimum atomic E-state index is -0.440. The van der Waals surface area contributed by atoms with Crippen molar-refractivity contribution in [3.63, 3.8) is 0 Å². The van der Waals surface area contributed by atoms with Crippen LogP contribution in [0.4, 0.5) is 0 Å². The van der Waals surface area contributed by atoms with Crippen LogP contribution in [0, 0.1) is 6.92 Å². The zero-order chi connectivity index (χ0) is 23.5. The molecule has 0 fully saturated rings. The second-order valence-electron chi connectivity index (χ2n) is 9.00. The molecule has 0 aliphatic heterocycles. The molecule has 0 unspecified atom stereocenters. The predicted molar refractivity (Wildman–Crippen MR) is 137 cm³/mol. The maximum Gasteiger partial charge on any atom is 0.306 e. The third-order valence-electron chi connectivity index (χ3n) is 5.28. The van der Waals surface area contributed by atoms with E-state index in [4.69, 9.17) is 4.74 Å². The molecule has 0 saturated heterocycles. The molecule has 2 heteroatoms. The maximum absolute atomic E-state index is 10.6. The van der Waals surface area contributed by atoms with Gasteiger partial charge < -0.3 is 4.74 Å². The smallest absolute Gasteiger partial charge is 0.306 e. The summed E-state index contributed by atoms with van der Waals surface area (Å²) in [4.78, 5) is 10.6. The number of esters is 1. The zero-order valence-corrected chi connectivity index (χ0v) is 21.2. The third kappa shape index (κ3) is 21.2. The summed E-state index contributed by atoms with van der Waals surface area (Å²) in [6, 6.07) is 0. The van der Waals surface area contributed by atoms with E-state index >= 15 is 0 Å². The van der Waals surface area contributed by atoms with Crippen molar-refractivity contribution < 1.29 is 9.53 Å². The quantitative estimate of drug-likeness (QED) is 0.139. The summed E-state index contributed by atoms with van der Waals surface area (Å²) in [5.41, 5.74) is 7.26. The summed E-state index contributed by atoms with van der Waals surface area (Å²) >= 11 is 0. The van der Waals surface area contributed by atoms with Crippen molar-refractivity contribution in [3.05, 3.63) is 65.2 Å². The van der Waals surface area contributed by atoms with Crippen LogP contribution in [0.5, 0.6) is 0 Å². The normalized spacial score (nSPS) is 13.4. The number of allylic oxidation sites excluding steroid dienone is 10. The van der Waals surface area contributed by atoms with Gasteiger partial charge in [-0.15, -0.1) is 0 Å². The minimum Gasteiger partial charge on any atom is -0.466 e. The second kappa shape index (κ2) is 18.9. The fourth-order valence-corrected chi connectivity index (χ4v) is 3.29. The Morgan fingerprint density at radius 2 is 1.00 bits per heavy atom. The Morgan fingerprint density at radius 3 is 1.42 bits per heavy atom. The topological polar surface area (TPSA) is 26.3 Å². The second-order valence-corrected chi connectivity index (χ2v) is 9.00. The molecule has 0 aliphatic rings. The van der Waals surface area contributed by atoms with E-state index in [2.05, 4.69) is 78.8 Å². The van der Waals surface area contributed by atoms with E-state index in [1.54, 1.807) is 0 Å². The Kier molecular flexibility index (Phi) is 17.8. The van der Waals surface area contributed by atoms with Gasteiger partial charge in [0.05, 0.1) is 13.5 Å². The Morgan fingerprint density at radius 1 is 0.613 bits per heavy atom. The van der Waals surface area contributed by atoms with E-state index in [-0.39, 0.29) is 0 Å². The highest BCUT2D eigenvalue weighted by atomic mass is 16.5. The molecule has 0 atom stereocenters. The lowest BCUT2D eigenvalue weighted by Crippen LogP contribution is -2.00. The molecule has 2 nitrogen and oxygen atoms in total. The average Bonchev–Trinajstić information content (AvgIpc) is 2.68. The molecule has 0 rings (SSSR count). The van der Waals surface area contributed by atoms with E-state index in [0.717, 1.165) is 51.4 Å². The fourth-order valence-electron chi connectivity index (χ4n) is 3.29. The molecule has 0 bridgehead atoms. The van der Waals surface area contributed by atoms with E-state index in [1.165, 1.54) is 40.7 Å². The molecule has 0 spiro atoms. The van der Waals surface area contributed by atoms with Crippen LogP contribution in [-0.4, -0.2) is 12.6 Å². The highest BCUT2D eigenvalue weighted by molar-refractivity contribution is 5.73. The Hall–Kier alpha value is -1.83. The van der Waals surface area contributed by atoms with Gasteiger partial charge in [0, 0.05) is 0 Å². The average molecular weight is 428 g/mol. The van der Waals surface area contributed by atoms with Crippen molar-refractivity contribution >= 4 is 5.97 Å². The SMILES string of the molecule is [CH2]C(=O)OCCC/C(C)=C/CC/C(C)=C/CC/C=C(\C)CC/C=C(\C)CCC=C(C)C. The standard InChI is InChI=1S/C29H47O2/c1-24(2)14-10-17-27(5)20-11-18-25(3)15-8-9-16-26(4)19-12-21-28(6)22-13-23-31-29(7)30/h14-16,20-21H,7-13,17-19,22-23H2,1-6H3/b25-15+,26-16+,27-20+,28-21+. The molecule has 0 saturated carbocycles. The number of carbonyl (C=O) groups is 1. The molecular formula is C29H47O2. The molecular weight excluding hydrogens is 380 g/mol. The van der Waals surface area contributed by atoms with Gasteiger partial charge in [0.2, 0.25) is 0 Å². The number of hydrogen-bond donors (Lipinski definition) is 0. The molecule has 0 heterocycles. The van der Waals surface area contributed by atoms with Crippen LogP contribution in [0.1, 0.15) is 106 Å². The lowest BCUT2D eigenvalue weighted by atomic mass is 10.0. The molecule has 0 aliphatic carbocycles. The van der Waals surface area contributed by atoms with Gasteiger partial charge in [0.1, 0.15) is 0 Å². The highest BCUT2D eigenvalue weighted by Gasteiger charge is 1.96. The van der Waals surface area contributed by atoms with Gasteiger partial charge in [-0.1, -0.05) is 58.2 Å². The van der Waals surface area contributed by atoms with Crippen molar-refractivity contribution in [2.24, 2.45) is 0 Å². The maximum atomic E-state index is 10.6. The van der Waals surface area contributed by atoms with Crippen LogP contribution in [-0.2, 0) is 9.53 Å². The zero-order valence-electron chi connectivity index (χ0n) is 21.2. The van der Waals surface area contributed by atoms with Crippen molar-refractivity contribution in [3.8, 4) is 0 Å². The molecule has 0 aromatic heterocycles. The third-order valence-corrected chi connectivity index (χ3v) is 5.28. The Labute approximate surface area is 193 Å². The largest absolute Gasteiger partial charge is 0.466 e. The first-order chi connectivity index (χ1) is 14.7. The number of unbranched alkanes of at least 4 members (excludes halogenated alkanes) is 1. The van der Waals surface area contributed by atoms with Gasteiger partial charge in [-0.3, -0.25) is 4.79 Å². The van der Waals surface area contributed by atoms with Gasteiger partial charge in [-0.25, -0.2) is 0 Å². The molecule has 1 radical (unpaired) electrons. The van der Waals surface area contributed by atoms with Crippen LogP contribution >= 0.6 is 0 Å². The lowest BCUT2D eigenvalue weighted by Gasteiger charge is -2.04. The number of hydrogen-bond acceptors (Lipinski definition) is 2. The van der Waals surface area contributed by atoms with Crippen LogP contribution in [0.2, 0.25) is 0 Å².